The minimum absolute atomic E-state index is 0.0758. The molecule has 1 saturated carbocycles. The number of hydroxylamine groups is 1. The van der Waals surface area contributed by atoms with Gasteiger partial charge < -0.3 is 15.9 Å². The lowest BCUT2D eigenvalue weighted by molar-refractivity contribution is 0.102. The third kappa shape index (κ3) is 3.39. The first-order valence-corrected chi connectivity index (χ1v) is 9.25. The number of fused-ring (bicyclic) bond motifs is 1. The maximum absolute atomic E-state index is 14.3. The van der Waals surface area contributed by atoms with Crippen LogP contribution in [0.1, 0.15) is 22.5 Å². The number of anilines is 1. The molecule has 2 heterocycles. The van der Waals surface area contributed by atoms with Gasteiger partial charge in [0.05, 0.1) is 5.02 Å². The molecular formula is C18H16Cl2FN5O2. The molecule has 1 aromatic heterocycles. The van der Waals surface area contributed by atoms with Crippen molar-refractivity contribution in [3.63, 3.8) is 0 Å². The molecule has 0 saturated heterocycles. The number of alkyl halides is 1. The van der Waals surface area contributed by atoms with Crippen LogP contribution in [0.4, 0.5) is 10.1 Å². The summed E-state index contributed by atoms with van der Waals surface area (Å²) in [6.45, 7) is -0.810. The zero-order valence-electron chi connectivity index (χ0n) is 14.5. The zero-order chi connectivity index (χ0) is 19.9. The number of benzene rings is 1. The second-order valence-corrected chi connectivity index (χ2v) is 7.53. The van der Waals surface area contributed by atoms with Crippen LogP contribution in [-0.4, -0.2) is 29.6 Å². The SMILES string of the molecule is NC1=N[C@](CF)(c2cc(NC(=O)c3ccc(Cl)cn3)ccc2Cl)[C@H]2C[C@H]2NO1. The maximum Gasteiger partial charge on any atom is 0.303 e. The number of nitrogens with one attached hydrogen (secondary N) is 2. The molecule has 4 rings (SSSR count). The predicted molar refractivity (Wildman–Crippen MR) is 104 cm³/mol. The number of carbonyl (C=O) groups is 1. The summed E-state index contributed by atoms with van der Waals surface area (Å²) in [5.41, 5.74) is 8.26. The fraction of sp³-hybridized carbons (Fsp3) is 0.278. The first-order chi connectivity index (χ1) is 13.4. The van der Waals surface area contributed by atoms with Gasteiger partial charge in [0.1, 0.15) is 17.9 Å². The fourth-order valence-electron chi connectivity index (χ4n) is 3.39. The molecule has 10 heteroatoms. The van der Waals surface area contributed by atoms with Gasteiger partial charge >= 0.3 is 6.02 Å². The highest BCUT2D eigenvalue weighted by molar-refractivity contribution is 6.31. The van der Waals surface area contributed by atoms with E-state index in [0.717, 1.165) is 0 Å². The zero-order valence-corrected chi connectivity index (χ0v) is 16.0. The number of aliphatic imine (C=N–C) groups is 1. The summed E-state index contributed by atoms with van der Waals surface area (Å²) in [4.78, 5) is 25.8. The molecule has 7 nitrogen and oxygen atoms in total. The number of halogens is 3. The standard InChI is InChI=1S/C18H16Cl2FN5O2/c19-9-1-4-14(23-7-9)16(27)24-10-2-3-13(20)11(5-10)18(8-21)12-6-15(12)26-28-17(22)25-18/h1-5,7,12,15,26H,6,8H2,(H2,22,25)(H,24,27)/t12-,15+,18+/m0/s1. The van der Waals surface area contributed by atoms with E-state index in [0.29, 0.717) is 27.7 Å². The number of aromatic nitrogens is 1. The number of carbonyl (C=O) groups excluding carboxylic acids is 1. The van der Waals surface area contributed by atoms with Crippen LogP contribution in [0.3, 0.4) is 0 Å². The first-order valence-electron chi connectivity index (χ1n) is 8.49. The van der Waals surface area contributed by atoms with Crippen LogP contribution >= 0.6 is 23.2 Å². The van der Waals surface area contributed by atoms with E-state index in [-0.39, 0.29) is 23.7 Å². The molecule has 1 fully saturated rings. The van der Waals surface area contributed by atoms with Crippen molar-refractivity contribution >= 4 is 40.8 Å². The van der Waals surface area contributed by atoms with Crippen LogP contribution in [0.2, 0.25) is 10.0 Å². The van der Waals surface area contributed by atoms with Gasteiger partial charge in [0.25, 0.3) is 5.91 Å². The van der Waals surface area contributed by atoms with Gasteiger partial charge in [0.2, 0.25) is 0 Å². The van der Waals surface area contributed by atoms with Gasteiger partial charge in [-0.25, -0.2) is 14.4 Å². The Kier molecular flexibility index (Phi) is 4.86. The summed E-state index contributed by atoms with van der Waals surface area (Å²) in [6, 6.07) is 7.64. The Morgan fingerprint density at radius 1 is 1.39 bits per heavy atom. The second kappa shape index (κ2) is 7.20. The second-order valence-electron chi connectivity index (χ2n) is 6.69. The Morgan fingerprint density at radius 3 is 2.93 bits per heavy atom. The van der Waals surface area contributed by atoms with E-state index >= 15 is 0 Å². The Labute approximate surface area is 170 Å². The van der Waals surface area contributed by atoms with Crippen LogP contribution in [0, 0.1) is 5.92 Å². The molecular weight excluding hydrogens is 408 g/mol. The van der Waals surface area contributed by atoms with Crippen LogP contribution in [0.15, 0.2) is 41.5 Å². The third-order valence-electron chi connectivity index (χ3n) is 4.88. The van der Waals surface area contributed by atoms with Crippen molar-refractivity contribution in [2.24, 2.45) is 16.6 Å². The first kappa shape index (κ1) is 18.9. The van der Waals surface area contributed by atoms with Gasteiger partial charge in [-0.2, -0.15) is 0 Å². The molecule has 146 valence electrons. The molecule has 0 spiro atoms. The van der Waals surface area contributed by atoms with Gasteiger partial charge in [-0.05, 0) is 36.8 Å². The Bertz CT molecular complexity index is 955. The molecule has 1 amide bonds. The number of rotatable bonds is 4. The van der Waals surface area contributed by atoms with E-state index in [1.54, 1.807) is 24.3 Å². The average molecular weight is 424 g/mol. The van der Waals surface area contributed by atoms with Crippen LogP contribution in [0.5, 0.6) is 0 Å². The summed E-state index contributed by atoms with van der Waals surface area (Å²) in [6.07, 6.45) is 2.05. The average Bonchev–Trinajstić information content (AvgIpc) is 3.47. The van der Waals surface area contributed by atoms with Crippen molar-refractivity contribution in [1.29, 1.82) is 0 Å². The Morgan fingerprint density at radius 2 is 2.21 bits per heavy atom. The van der Waals surface area contributed by atoms with E-state index in [1.807, 2.05) is 0 Å². The van der Waals surface area contributed by atoms with Crippen molar-refractivity contribution in [2.75, 3.05) is 12.0 Å². The predicted octanol–water partition coefficient (Wildman–Crippen LogP) is 3.04. The number of nitrogens with zero attached hydrogens (tertiary/aromatic N) is 2. The molecule has 28 heavy (non-hydrogen) atoms. The number of amides is 1. The minimum atomic E-state index is -1.28. The van der Waals surface area contributed by atoms with Gasteiger partial charge in [-0.1, -0.05) is 23.2 Å². The lowest BCUT2D eigenvalue weighted by atomic mass is 9.86. The summed E-state index contributed by atoms with van der Waals surface area (Å²) < 4.78 is 14.3. The largest absolute Gasteiger partial charge is 0.371 e. The molecule has 4 N–H and O–H groups in total. The van der Waals surface area contributed by atoms with E-state index < -0.39 is 18.1 Å². The summed E-state index contributed by atoms with van der Waals surface area (Å²) in [7, 11) is 0. The number of hydrogen-bond acceptors (Lipinski definition) is 6. The van der Waals surface area contributed by atoms with E-state index in [2.05, 4.69) is 20.8 Å². The number of nitrogens with two attached hydrogens (primary N) is 1. The fourth-order valence-corrected chi connectivity index (χ4v) is 3.79. The van der Waals surface area contributed by atoms with Crippen molar-refractivity contribution in [3.05, 3.63) is 57.8 Å². The molecule has 0 bridgehead atoms. The lowest BCUT2D eigenvalue weighted by Crippen LogP contribution is -2.33. The van der Waals surface area contributed by atoms with Crippen LogP contribution in [-0.2, 0) is 10.4 Å². The summed E-state index contributed by atoms with van der Waals surface area (Å²) in [5.74, 6) is -0.600. The van der Waals surface area contributed by atoms with Crippen molar-refractivity contribution in [2.45, 2.75) is 18.0 Å². The number of amidine groups is 1. The molecule has 1 aliphatic heterocycles. The van der Waals surface area contributed by atoms with Gasteiger partial charge in [0.15, 0.2) is 0 Å². The highest BCUT2D eigenvalue weighted by atomic mass is 35.5. The molecule has 0 radical (unpaired) electrons. The van der Waals surface area contributed by atoms with E-state index in [1.165, 1.54) is 12.3 Å². The highest BCUT2D eigenvalue weighted by Gasteiger charge is 2.57. The lowest BCUT2D eigenvalue weighted by Gasteiger charge is -2.28. The van der Waals surface area contributed by atoms with Crippen LogP contribution < -0.4 is 16.5 Å². The van der Waals surface area contributed by atoms with Gasteiger partial charge in [0, 0.05) is 34.4 Å². The normalized spacial score (nSPS) is 25.8. The van der Waals surface area contributed by atoms with Crippen molar-refractivity contribution < 1.29 is 14.0 Å². The molecule has 2 aromatic rings. The van der Waals surface area contributed by atoms with Gasteiger partial charge in [-0.15, -0.1) is 5.48 Å². The topological polar surface area (TPSA) is 102 Å². The van der Waals surface area contributed by atoms with Crippen molar-refractivity contribution in [3.8, 4) is 0 Å². The van der Waals surface area contributed by atoms with Gasteiger partial charge in [-0.3, -0.25) is 4.79 Å². The maximum atomic E-state index is 14.3. The number of pyridine rings is 1. The van der Waals surface area contributed by atoms with E-state index in [4.69, 9.17) is 33.8 Å². The van der Waals surface area contributed by atoms with Crippen molar-refractivity contribution in [1.82, 2.24) is 10.5 Å². The Balaban J connectivity index is 1.68. The Hall–Kier alpha value is -2.42. The highest BCUT2D eigenvalue weighted by Crippen LogP contribution is 2.52. The minimum Gasteiger partial charge on any atom is -0.371 e. The molecule has 0 unspecified atom stereocenters. The smallest absolute Gasteiger partial charge is 0.303 e. The summed E-state index contributed by atoms with van der Waals surface area (Å²) >= 11 is 12.2. The molecule has 2 aliphatic rings. The number of hydrogen-bond donors (Lipinski definition) is 3. The monoisotopic (exact) mass is 423 g/mol. The van der Waals surface area contributed by atoms with E-state index in [9.17, 15) is 9.18 Å². The van der Waals surface area contributed by atoms with Crippen LogP contribution in [0.25, 0.3) is 0 Å². The molecule has 1 aliphatic carbocycles. The molecule has 3 atom stereocenters. The summed E-state index contributed by atoms with van der Waals surface area (Å²) in [5, 5.41) is 3.48. The quantitative estimate of drug-likeness (QED) is 0.701. The molecule has 1 aromatic carbocycles. The third-order valence-corrected chi connectivity index (χ3v) is 5.44.